The molecule has 0 aliphatic heterocycles. The smallest absolute Gasteiger partial charge is 0.306 e. The quantitative estimate of drug-likeness (QED) is 0.0195. The van der Waals surface area contributed by atoms with Crippen molar-refractivity contribution in [2.24, 2.45) is 0 Å². The number of phosphoric acid groups is 1. The Morgan fingerprint density at radius 3 is 0.909 bits per heavy atom. The maximum atomic E-state index is 12.9. The predicted octanol–water partition coefficient (Wildman–Crippen LogP) is 22.5. The van der Waals surface area contributed by atoms with Gasteiger partial charge in [-0.05, 0) is 122 Å². The van der Waals surface area contributed by atoms with Crippen molar-refractivity contribution in [3.63, 3.8) is 0 Å². The van der Waals surface area contributed by atoms with Gasteiger partial charge in [-0.15, -0.1) is 0 Å². The van der Waals surface area contributed by atoms with Crippen LogP contribution in [0.3, 0.4) is 0 Å². The van der Waals surface area contributed by atoms with E-state index in [2.05, 4.69) is 172 Å². The van der Waals surface area contributed by atoms with Crippen molar-refractivity contribution in [1.82, 2.24) is 0 Å². The normalized spacial score (nSPS) is 14.1. The van der Waals surface area contributed by atoms with E-state index < -0.39 is 32.5 Å². The highest BCUT2D eigenvalue weighted by atomic mass is 31.2. The Morgan fingerprint density at radius 1 is 0.352 bits per heavy atom. The lowest BCUT2D eigenvalue weighted by molar-refractivity contribution is -0.870. The fourth-order valence-electron chi connectivity index (χ4n) is 9.23. The molecule has 0 aromatic carbocycles. The van der Waals surface area contributed by atoms with Gasteiger partial charge in [-0.2, -0.15) is 0 Å². The van der Waals surface area contributed by atoms with Crippen LogP contribution in [0.2, 0.25) is 0 Å². The first-order valence-electron chi connectivity index (χ1n) is 35.2. The third-order valence-corrected chi connectivity index (χ3v) is 15.5. The minimum atomic E-state index is -4.66. The molecule has 0 bridgehead atoms. The van der Waals surface area contributed by atoms with Gasteiger partial charge in [0.15, 0.2) is 6.10 Å². The molecule has 0 aromatic rings. The highest BCUT2D eigenvalue weighted by Gasteiger charge is 2.22. The lowest BCUT2D eigenvalue weighted by Crippen LogP contribution is -2.37. The van der Waals surface area contributed by atoms with Crippen molar-refractivity contribution in [3.8, 4) is 0 Å². The molecule has 0 radical (unpaired) electrons. The first-order chi connectivity index (χ1) is 43.0. The minimum Gasteiger partial charge on any atom is -0.756 e. The van der Waals surface area contributed by atoms with Crippen LogP contribution in [0.1, 0.15) is 271 Å². The molecule has 0 saturated carbocycles. The van der Waals surface area contributed by atoms with E-state index >= 15 is 0 Å². The summed E-state index contributed by atoms with van der Waals surface area (Å²) < 4.78 is 34.3. The second-order valence-electron chi connectivity index (χ2n) is 24.1. The number of unbranched alkanes of at least 4 members (excludes halogenated alkanes) is 23. The zero-order valence-corrected chi connectivity index (χ0v) is 57.8. The fourth-order valence-corrected chi connectivity index (χ4v) is 9.96. The van der Waals surface area contributed by atoms with E-state index in [1.807, 2.05) is 21.1 Å². The molecule has 0 N–H and O–H groups in total. The Bertz CT molecular complexity index is 2040. The minimum absolute atomic E-state index is 0.0416. The molecule has 0 saturated heterocycles. The third kappa shape index (κ3) is 70.7. The van der Waals surface area contributed by atoms with Crippen molar-refractivity contribution in [2.75, 3.05) is 47.5 Å². The maximum Gasteiger partial charge on any atom is 0.306 e. The van der Waals surface area contributed by atoms with Crippen molar-refractivity contribution in [2.45, 2.75) is 277 Å². The topological polar surface area (TPSA) is 111 Å². The van der Waals surface area contributed by atoms with E-state index in [0.717, 1.165) is 128 Å². The number of allylic oxidation sites excluding steroid dienone is 26. The van der Waals surface area contributed by atoms with Gasteiger partial charge in [0.1, 0.15) is 19.8 Å². The first kappa shape index (κ1) is 83.6. The number of carbonyl (C=O) groups is 2. The summed E-state index contributed by atoms with van der Waals surface area (Å²) in [6, 6.07) is 0. The Hall–Kier alpha value is -4.37. The number of esters is 2. The van der Waals surface area contributed by atoms with Gasteiger partial charge in [-0.3, -0.25) is 14.2 Å². The van der Waals surface area contributed by atoms with Gasteiger partial charge in [0.2, 0.25) is 0 Å². The predicted molar refractivity (Wildman–Crippen MR) is 378 cm³/mol. The summed E-state index contributed by atoms with van der Waals surface area (Å²) in [5, 5.41) is 0. The lowest BCUT2D eigenvalue weighted by atomic mass is 10.0. The third-order valence-electron chi connectivity index (χ3n) is 14.5. The average Bonchev–Trinajstić information content (AvgIpc) is 3.58. The fraction of sp³-hybridized carbons (Fsp3) is 0.641. The second-order valence-corrected chi connectivity index (χ2v) is 25.5. The summed E-state index contributed by atoms with van der Waals surface area (Å²) in [6.07, 6.45) is 100. The number of likely N-dealkylation sites (N-methyl/N-ethyl adjacent to an activating group) is 1. The summed E-state index contributed by atoms with van der Waals surface area (Å²) >= 11 is 0. The SMILES string of the molecule is CC/C=C\C/C=C\C/C=C\C/C=C\C/C=C\C/C=C\C/C=C\CCCCCCCCCCCCCCCCCCCCCC(=O)OC(COC(=O)CCCCCC/C=C\C/C=C\C/C=C\C/C=C\C/C=C\C/C=C\CC)COP(=O)([O-])OCC[N+](C)(C)C. The zero-order valence-electron chi connectivity index (χ0n) is 56.9. The van der Waals surface area contributed by atoms with Crippen molar-refractivity contribution >= 4 is 19.8 Å². The summed E-state index contributed by atoms with van der Waals surface area (Å²) in [7, 11) is 1.14. The number of hydrogen-bond acceptors (Lipinski definition) is 8. The number of carbonyl (C=O) groups excluding carboxylic acids is 2. The largest absolute Gasteiger partial charge is 0.756 e. The molecule has 9 nitrogen and oxygen atoms in total. The van der Waals surface area contributed by atoms with Gasteiger partial charge < -0.3 is 27.9 Å². The molecule has 10 heteroatoms. The van der Waals surface area contributed by atoms with Crippen molar-refractivity contribution in [1.29, 1.82) is 0 Å². The molecular weight excluding hydrogens is 1110 g/mol. The standard InChI is InChI=1S/C78H130NO8P/c1-6-8-10-12-14-16-18-20-22-24-26-28-30-31-32-33-34-35-36-37-38-39-40-41-42-43-44-45-46-47-49-51-53-55-57-59-61-63-65-67-69-71-78(81)87-76(75-86-88(82,83)85-73-72-79(3,4)5)74-84-77(80)70-68-66-64-62-60-58-56-54-52-50-48-29-27-25-23-21-19-17-15-13-11-9-7-2/h8-11,14-17,20-23,26-29,31-32,34-35,37-38,50,52,56,58,76H,6-7,12-13,18-19,24-25,30,33,36,39-49,51,53-55,57,59-75H2,1-5H3/b10-8-,11-9-,16-14-,17-15-,22-20-,23-21-,28-26-,29-27-,32-31-,35-34-,38-37-,52-50-,58-56-. The molecule has 2 unspecified atom stereocenters. The molecule has 0 amide bonds. The molecule has 0 spiro atoms. The van der Waals surface area contributed by atoms with E-state index in [1.165, 1.54) is 103 Å². The van der Waals surface area contributed by atoms with E-state index in [1.54, 1.807) is 0 Å². The maximum absolute atomic E-state index is 12.9. The molecule has 0 aliphatic carbocycles. The summed E-state index contributed by atoms with van der Waals surface area (Å²) in [5.41, 5.74) is 0. The molecule has 0 rings (SSSR count). The number of phosphoric ester groups is 1. The number of rotatable bonds is 63. The highest BCUT2D eigenvalue weighted by Crippen LogP contribution is 2.38. The van der Waals surface area contributed by atoms with Crippen LogP contribution in [0.5, 0.6) is 0 Å². The van der Waals surface area contributed by atoms with Crippen LogP contribution in [0.4, 0.5) is 0 Å². The number of quaternary nitrogens is 1. The Kier molecular flexibility index (Phi) is 63.7. The average molecular weight is 1240 g/mol. The van der Waals surface area contributed by atoms with Gasteiger partial charge >= 0.3 is 11.9 Å². The van der Waals surface area contributed by atoms with Crippen LogP contribution in [-0.2, 0) is 32.7 Å². The van der Waals surface area contributed by atoms with Crippen LogP contribution in [0.25, 0.3) is 0 Å². The summed E-state index contributed by atoms with van der Waals surface area (Å²) in [6.45, 7) is 3.98. The Morgan fingerprint density at radius 2 is 0.614 bits per heavy atom. The lowest BCUT2D eigenvalue weighted by Gasteiger charge is -2.28. The van der Waals surface area contributed by atoms with Crippen LogP contribution in [0.15, 0.2) is 158 Å². The van der Waals surface area contributed by atoms with Gasteiger partial charge in [0, 0.05) is 12.8 Å². The van der Waals surface area contributed by atoms with Crippen LogP contribution >= 0.6 is 7.82 Å². The van der Waals surface area contributed by atoms with Crippen molar-refractivity contribution in [3.05, 3.63) is 158 Å². The molecule has 0 fully saturated rings. The molecule has 88 heavy (non-hydrogen) atoms. The second kappa shape index (κ2) is 67.0. The number of hydrogen-bond donors (Lipinski definition) is 0. The van der Waals surface area contributed by atoms with Gasteiger partial charge in [-0.1, -0.05) is 294 Å². The van der Waals surface area contributed by atoms with E-state index in [9.17, 15) is 19.0 Å². The number of nitrogens with zero attached hydrogens (tertiary/aromatic N) is 1. The summed E-state index contributed by atoms with van der Waals surface area (Å²) in [5.74, 6) is -0.865. The van der Waals surface area contributed by atoms with Gasteiger partial charge in [0.05, 0.1) is 27.7 Å². The highest BCUT2D eigenvalue weighted by molar-refractivity contribution is 7.45. The van der Waals surface area contributed by atoms with Crippen LogP contribution in [0, 0.1) is 0 Å². The van der Waals surface area contributed by atoms with E-state index in [0.29, 0.717) is 23.9 Å². The molecule has 0 aliphatic rings. The van der Waals surface area contributed by atoms with Crippen molar-refractivity contribution < 1.29 is 42.1 Å². The molecule has 0 heterocycles. The number of ether oxygens (including phenoxy) is 2. The van der Waals surface area contributed by atoms with Gasteiger partial charge in [-0.25, -0.2) is 0 Å². The Labute approximate surface area is 541 Å². The van der Waals surface area contributed by atoms with Gasteiger partial charge in [0.25, 0.3) is 7.82 Å². The Balaban J connectivity index is 4.04. The van der Waals surface area contributed by atoms with E-state index in [-0.39, 0.29) is 26.1 Å². The monoisotopic (exact) mass is 1240 g/mol. The molecule has 2 atom stereocenters. The van der Waals surface area contributed by atoms with Crippen LogP contribution < -0.4 is 4.89 Å². The van der Waals surface area contributed by atoms with Crippen LogP contribution in [-0.4, -0.2) is 70.0 Å². The zero-order chi connectivity index (χ0) is 64.1. The first-order valence-corrected chi connectivity index (χ1v) is 36.7. The molecule has 0 aromatic heterocycles. The molecule has 500 valence electrons. The van der Waals surface area contributed by atoms with E-state index in [4.69, 9.17) is 18.5 Å². The summed E-state index contributed by atoms with van der Waals surface area (Å²) in [4.78, 5) is 38.0. The molecular formula is C78H130NO8P.